The van der Waals surface area contributed by atoms with Crippen LogP contribution in [0.1, 0.15) is 57.1 Å². The van der Waals surface area contributed by atoms with Gasteiger partial charge in [0.25, 0.3) is 0 Å². The van der Waals surface area contributed by atoms with E-state index in [0.717, 1.165) is 37.4 Å². The van der Waals surface area contributed by atoms with E-state index in [1.807, 2.05) is 6.07 Å². The maximum Gasteiger partial charge on any atom is 0.117 e. The van der Waals surface area contributed by atoms with Crippen LogP contribution in [0, 0.1) is 5.92 Å². The quantitative estimate of drug-likeness (QED) is 0.748. The second-order valence-electron chi connectivity index (χ2n) is 8.33. The number of likely N-dealkylation sites (tertiary alicyclic amines) is 1. The van der Waals surface area contributed by atoms with Crippen LogP contribution < -0.4 is 0 Å². The van der Waals surface area contributed by atoms with Crippen LogP contribution in [0.25, 0.3) is 0 Å². The van der Waals surface area contributed by atoms with Crippen molar-refractivity contribution in [3.05, 3.63) is 24.2 Å². The van der Waals surface area contributed by atoms with E-state index in [1.54, 1.807) is 6.26 Å². The Morgan fingerprint density at radius 2 is 1.84 bits per heavy atom. The highest BCUT2D eigenvalue weighted by atomic mass is 16.5. The lowest BCUT2D eigenvalue weighted by Crippen LogP contribution is -2.43. The van der Waals surface area contributed by atoms with Gasteiger partial charge < -0.3 is 14.1 Å². The van der Waals surface area contributed by atoms with Crippen molar-refractivity contribution in [1.82, 2.24) is 9.80 Å². The fourth-order valence-corrected chi connectivity index (χ4v) is 5.04. The monoisotopic (exact) mass is 346 g/mol. The van der Waals surface area contributed by atoms with Crippen molar-refractivity contribution in [3.63, 3.8) is 0 Å². The Morgan fingerprint density at radius 3 is 2.52 bits per heavy atom. The Kier molecular flexibility index (Phi) is 6.11. The molecule has 0 radical (unpaired) electrons. The number of hydrogen-bond donors (Lipinski definition) is 0. The van der Waals surface area contributed by atoms with E-state index in [-0.39, 0.29) is 0 Å². The average Bonchev–Trinajstić information content (AvgIpc) is 3.39. The summed E-state index contributed by atoms with van der Waals surface area (Å²) in [5.74, 6) is 1.91. The van der Waals surface area contributed by atoms with E-state index in [0.29, 0.717) is 6.10 Å². The van der Waals surface area contributed by atoms with Crippen LogP contribution in [0.15, 0.2) is 22.8 Å². The Labute approximate surface area is 152 Å². The first-order valence-corrected chi connectivity index (χ1v) is 10.5. The van der Waals surface area contributed by atoms with E-state index in [1.165, 1.54) is 71.0 Å². The number of furan rings is 1. The summed E-state index contributed by atoms with van der Waals surface area (Å²) >= 11 is 0. The summed E-state index contributed by atoms with van der Waals surface area (Å²) in [4.78, 5) is 5.37. The topological polar surface area (TPSA) is 28.9 Å². The molecular weight excluding hydrogens is 312 g/mol. The van der Waals surface area contributed by atoms with Gasteiger partial charge in [-0.2, -0.15) is 0 Å². The number of ether oxygens (including phenoxy) is 1. The summed E-state index contributed by atoms with van der Waals surface area (Å²) < 4.78 is 11.5. The zero-order chi connectivity index (χ0) is 16.9. The minimum atomic E-state index is 0.425. The minimum Gasteiger partial charge on any atom is -0.468 e. The predicted octanol–water partition coefficient (Wildman–Crippen LogP) is 3.92. The number of piperidine rings is 1. The minimum absolute atomic E-state index is 0.425. The number of rotatable bonds is 7. The molecule has 2 aliphatic heterocycles. The molecule has 25 heavy (non-hydrogen) atoms. The fraction of sp³-hybridized carbons (Fsp3) is 0.810. The Morgan fingerprint density at radius 1 is 1.00 bits per heavy atom. The largest absolute Gasteiger partial charge is 0.468 e. The molecule has 3 fully saturated rings. The first kappa shape index (κ1) is 17.6. The molecule has 1 saturated carbocycles. The third kappa shape index (κ3) is 4.87. The van der Waals surface area contributed by atoms with Crippen LogP contribution >= 0.6 is 0 Å². The van der Waals surface area contributed by atoms with E-state index < -0.39 is 0 Å². The van der Waals surface area contributed by atoms with Gasteiger partial charge in [0, 0.05) is 25.7 Å². The molecule has 3 heterocycles. The highest BCUT2D eigenvalue weighted by molar-refractivity contribution is 4.98. The van der Waals surface area contributed by atoms with Crippen LogP contribution in [-0.4, -0.2) is 54.7 Å². The van der Waals surface area contributed by atoms with Gasteiger partial charge in [0.1, 0.15) is 5.76 Å². The van der Waals surface area contributed by atoms with Gasteiger partial charge in [-0.15, -0.1) is 0 Å². The summed E-state index contributed by atoms with van der Waals surface area (Å²) in [7, 11) is 0. The Hall–Kier alpha value is -0.840. The van der Waals surface area contributed by atoms with Crippen LogP contribution in [0.4, 0.5) is 0 Å². The number of hydrogen-bond acceptors (Lipinski definition) is 4. The van der Waals surface area contributed by atoms with Gasteiger partial charge >= 0.3 is 0 Å². The van der Waals surface area contributed by atoms with Gasteiger partial charge in [-0.1, -0.05) is 12.8 Å². The summed E-state index contributed by atoms with van der Waals surface area (Å²) in [5, 5.41) is 0. The standard InChI is InChI=1S/C21H34N2O2/c1-2-6-19(5-1)23-11-9-18(10-12-23)15-22(16-20-7-3-13-24-20)17-21-8-4-14-25-21/h3,7,13,18-19,21H,1-2,4-6,8-12,14-17H2/t21-/m1/s1. The van der Waals surface area contributed by atoms with Gasteiger partial charge in [-0.3, -0.25) is 4.90 Å². The van der Waals surface area contributed by atoms with Crippen LogP contribution in [-0.2, 0) is 11.3 Å². The molecule has 0 unspecified atom stereocenters. The van der Waals surface area contributed by atoms with Gasteiger partial charge in [0.2, 0.25) is 0 Å². The SMILES string of the molecule is c1coc(CN(CC2CCN(C3CCCC3)CC2)C[C@H]2CCCO2)c1. The molecule has 1 aromatic heterocycles. The fourth-order valence-electron chi connectivity index (χ4n) is 5.04. The molecule has 0 N–H and O–H groups in total. The number of nitrogens with zero attached hydrogens (tertiary/aromatic N) is 2. The molecule has 4 heteroatoms. The normalized spacial score (nSPS) is 26.8. The molecule has 4 rings (SSSR count). The third-order valence-electron chi connectivity index (χ3n) is 6.45. The summed E-state index contributed by atoms with van der Waals surface area (Å²) in [6.45, 7) is 6.74. The average molecular weight is 347 g/mol. The Bertz CT molecular complexity index is 484. The second kappa shape index (κ2) is 8.70. The lowest BCUT2D eigenvalue weighted by molar-refractivity contribution is 0.0515. The predicted molar refractivity (Wildman–Crippen MR) is 99.5 cm³/mol. The van der Waals surface area contributed by atoms with E-state index in [2.05, 4.69) is 15.9 Å². The molecule has 2 saturated heterocycles. The highest BCUT2D eigenvalue weighted by Crippen LogP contribution is 2.28. The van der Waals surface area contributed by atoms with Crippen molar-refractivity contribution in [1.29, 1.82) is 0 Å². The zero-order valence-corrected chi connectivity index (χ0v) is 15.6. The molecule has 3 aliphatic rings. The maximum atomic E-state index is 5.90. The molecule has 1 aliphatic carbocycles. The molecule has 4 nitrogen and oxygen atoms in total. The van der Waals surface area contributed by atoms with Crippen molar-refractivity contribution in [3.8, 4) is 0 Å². The zero-order valence-electron chi connectivity index (χ0n) is 15.6. The lowest BCUT2D eigenvalue weighted by atomic mass is 9.94. The molecule has 0 spiro atoms. The molecular formula is C21H34N2O2. The molecule has 0 bridgehead atoms. The van der Waals surface area contributed by atoms with Crippen molar-refractivity contribution >= 4 is 0 Å². The van der Waals surface area contributed by atoms with Crippen molar-refractivity contribution < 1.29 is 9.15 Å². The van der Waals surface area contributed by atoms with Crippen LogP contribution in [0.3, 0.4) is 0 Å². The highest BCUT2D eigenvalue weighted by Gasteiger charge is 2.29. The van der Waals surface area contributed by atoms with E-state index >= 15 is 0 Å². The molecule has 0 amide bonds. The van der Waals surface area contributed by atoms with Gasteiger partial charge in [0.05, 0.1) is 18.9 Å². The first-order chi connectivity index (χ1) is 12.4. The summed E-state index contributed by atoms with van der Waals surface area (Å²) in [5.41, 5.74) is 0. The van der Waals surface area contributed by atoms with Crippen molar-refractivity contribution in [2.24, 2.45) is 5.92 Å². The van der Waals surface area contributed by atoms with Gasteiger partial charge in [-0.05, 0) is 69.7 Å². The van der Waals surface area contributed by atoms with Gasteiger partial charge in [-0.25, -0.2) is 0 Å². The van der Waals surface area contributed by atoms with E-state index in [4.69, 9.17) is 9.15 Å². The van der Waals surface area contributed by atoms with Crippen LogP contribution in [0.5, 0.6) is 0 Å². The molecule has 0 aromatic carbocycles. The van der Waals surface area contributed by atoms with Crippen molar-refractivity contribution in [2.45, 2.75) is 70.1 Å². The maximum absolute atomic E-state index is 5.90. The summed E-state index contributed by atoms with van der Waals surface area (Å²) in [6, 6.07) is 5.00. The molecule has 1 atom stereocenters. The second-order valence-corrected chi connectivity index (χ2v) is 8.33. The van der Waals surface area contributed by atoms with Crippen molar-refractivity contribution in [2.75, 3.05) is 32.8 Å². The first-order valence-electron chi connectivity index (χ1n) is 10.5. The van der Waals surface area contributed by atoms with Crippen LogP contribution in [0.2, 0.25) is 0 Å². The van der Waals surface area contributed by atoms with E-state index in [9.17, 15) is 0 Å². The molecule has 1 aromatic rings. The van der Waals surface area contributed by atoms with Gasteiger partial charge in [0.15, 0.2) is 0 Å². The molecule has 140 valence electrons. The lowest BCUT2D eigenvalue weighted by Gasteiger charge is -2.38. The smallest absolute Gasteiger partial charge is 0.117 e. The third-order valence-corrected chi connectivity index (χ3v) is 6.45. The Balaban J connectivity index is 1.28. The summed E-state index contributed by atoms with van der Waals surface area (Å²) in [6.07, 6.45) is 13.1.